The van der Waals surface area contributed by atoms with E-state index in [1.165, 1.54) is 0 Å². The molecule has 0 aliphatic rings. The molecule has 2 aromatic rings. The molecule has 2 nitrogen and oxygen atoms in total. The number of hydrogen-bond acceptors (Lipinski definition) is 1. The van der Waals surface area contributed by atoms with Crippen LogP contribution in [0, 0.1) is 0 Å². The first-order valence-electron chi connectivity index (χ1n) is 7.15. The van der Waals surface area contributed by atoms with Gasteiger partial charge in [-0.15, -0.1) is 0 Å². The number of carbonyl (C=O) groups excluding carboxylic acids is 1. The molecule has 110 valence electrons. The van der Waals surface area contributed by atoms with Crippen LogP contribution in [0.2, 0.25) is 0 Å². The maximum Gasteiger partial charge on any atom is 0.234 e. The first kappa shape index (κ1) is 16.0. The second-order valence-electron chi connectivity index (χ2n) is 5.16. The number of benzene rings is 2. The molecule has 21 heavy (non-hydrogen) atoms. The number of halogens is 1. The quantitative estimate of drug-likeness (QED) is 0.450. The Morgan fingerprint density at radius 2 is 1.48 bits per heavy atom. The van der Waals surface area contributed by atoms with Crippen LogP contribution >= 0.6 is 22.6 Å². The van der Waals surface area contributed by atoms with Crippen LogP contribution in [0.1, 0.15) is 24.5 Å². The van der Waals surface area contributed by atoms with E-state index >= 15 is 0 Å². The lowest BCUT2D eigenvalue weighted by atomic mass is 9.75. The fraction of sp³-hybridized carbons (Fsp3) is 0.278. The van der Waals surface area contributed by atoms with Gasteiger partial charge in [-0.3, -0.25) is 4.79 Å². The number of nitrogens with one attached hydrogen (secondary N) is 1. The molecule has 0 aliphatic heterocycles. The minimum atomic E-state index is -0.659. The normalized spacial score (nSPS) is 11.1. The van der Waals surface area contributed by atoms with Crippen LogP contribution in [0.15, 0.2) is 60.7 Å². The summed E-state index contributed by atoms with van der Waals surface area (Å²) in [5.74, 6) is 0.0600. The molecule has 0 saturated heterocycles. The van der Waals surface area contributed by atoms with Gasteiger partial charge in [0.2, 0.25) is 5.91 Å². The lowest BCUT2D eigenvalue weighted by Crippen LogP contribution is -2.43. The summed E-state index contributed by atoms with van der Waals surface area (Å²) in [7, 11) is 0. The van der Waals surface area contributed by atoms with Gasteiger partial charge in [0, 0.05) is 11.0 Å². The molecule has 0 bridgehead atoms. The molecule has 2 aromatic carbocycles. The van der Waals surface area contributed by atoms with Crippen LogP contribution in [-0.4, -0.2) is 16.9 Å². The van der Waals surface area contributed by atoms with Gasteiger partial charge in [0.05, 0.1) is 5.41 Å². The SMILES string of the molecule is CC(C(=O)NCCCI)(c1ccccc1)c1ccccc1. The number of carbonyl (C=O) groups is 1. The lowest BCUT2D eigenvalue weighted by Gasteiger charge is -2.29. The molecule has 0 unspecified atom stereocenters. The van der Waals surface area contributed by atoms with Crippen molar-refractivity contribution in [3.05, 3.63) is 71.8 Å². The number of alkyl halides is 1. The smallest absolute Gasteiger partial charge is 0.234 e. The second kappa shape index (κ2) is 7.59. The molecular weight excluding hydrogens is 373 g/mol. The Labute approximate surface area is 140 Å². The molecule has 0 heterocycles. The Morgan fingerprint density at radius 1 is 1.00 bits per heavy atom. The highest BCUT2D eigenvalue weighted by Crippen LogP contribution is 2.32. The third-order valence-corrected chi connectivity index (χ3v) is 4.52. The lowest BCUT2D eigenvalue weighted by molar-refractivity contribution is -0.124. The molecule has 0 spiro atoms. The van der Waals surface area contributed by atoms with Gasteiger partial charge in [0.25, 0.3) is 0 Å². The van der Waals surface area contributed by atoms with Gasteiger partial charge >= 0.3 is 0 Å². The third-order valence-electron chi connectivity index (χ3n) is 3.75. The fourth-order valence-electron chi connectivity index (χ4n) is 2.42. The van der Waals surface area contributed by atoms with Gasteiger partial charge < -0.3 is 5.32 Å². The van der Waals surface area contributed by atoms with Gasteiger partial charge in [-0.1, -0.05) is 83.3 Å². The maximum absolute atomic E-state index is 12.8. The molecule has 2 rings (SSSR count). The Bertz CT molecular complexity index is 529. The molecule has 3 heteroatoms. The highest BCUT2D eigenvalue weighted by Gasteiger charge is 2.36. The highest BCUT2D eigenvalue weighted by atomic mass is 127. The average Bonchev–Trinajstić information content (AvgIpc) is 2.56. The predicted octanol–water partition coefficient (Wildman–Crippen LogP) is 3.93. The summed E-state index contributed by atoms with van der Waals surface area (Å²) in [4.78, 5) is 12.8. The zero-order valence-electron chi connectivity index (χ0n) is 12.2. The number of amides is 1. The van der Waals surface area contributed by atoms with E-state index in [0.29, 0.717) is 0 Å². The summed E-state index contributed by atoms with van der Waals surface area (Å²) >= 11 is 2.33. The van der Waals surface area contributed by atoms with Crippen molar-refractivity contribution in [3.8, 4) is 0 Å². The van der Waals surface area contributed by atoms with Gasteiger partial charge in [0.1, 0.15) is 0 Å². The van der Waals surface area contributed by atoms with Crippen LogP contribution in [0.25, 0.3) is 0 Å². The summed E-state index contributed by atoms with van der Waals surface area (Å²) < 4.78 is 1.05. The zero-order chi connectivity index (χ0) is 15.1. The van der Waals surface area contributed by atoms with Crippen molar-refractivity contribution >= 4 is 28.5 Å². The molecular formula is C18H20INO. The molecule has 0 radical (unpaired) electrons. The molecule has 0 saturated carbocycles. The van der Waals surface area contributed by atoms with E-state index in [9.17, 15) is 4.79 Å². The van der Waals surface area contributed by atoms with Gasteiger partial charge in [0.15, 0.2) is 0 Å². The summed E-state index contributed by atoms with van der Waals surface area (Å²) in [5.41, 5.74) is 1.37. The third kappa shape index (κ3) is 3.64. The van der Waals surface area contributed by atoms with Crippen molar-refractivity contribution in [1.29, 1.82) is 0 Å². The van der Waals surface area contributed by atoms with Crippen LogP contribution < -0.4 is 5.32 Å². The molecule has 1 N–H and O–H groups in total. The number of rotatable bonds is 6. The van der Waals surface area contributed by atoms with E-state index in [2.05, 4.69) is 27.9 Å². The maximum atomic E-state index is 12.8. The highest BCUT2D eigenvalue weighted by molar-refractivity contribution is 14.1. The first-order valence-corrected chi connectivity index (χ1v) is 8.67. The fourth-order valence-corrected chi connectivity index (χ4v) is 2.80. The monoisotopic (exact) mass is 393 g/mol. The Balaban J connectivity index is 2.38. The van der Waals surface area contributed by atoms with E-state index < -0.39 is 5.41 Å². The minimum absolute atomic E-state index is 0.0600. The van der Waals surface area contributed by atoms with Crippen molar-refractivity contribution in [3.63, 3.8) is 0 Å². The molecule has 0 aromatic heterocycles. The summed E-state index contributed by atoms with van der Waals surface area (Å²) in [6, 6.07) is 19.9. The molecule has 0 atom stereocenters. The van der Waals surface area contributed by atoms with Crippen LogP contribution in [-0.2, 0) is 10.2 Å². The van der Waals surface area contributed by atoms with Crippen molar-refractivity contribution in [1.82, 2.24) is 5.32 Å². The molecule has 1 amide bonds. The van der Waals surface area contributed by atoms with Crippen molar-refractivity contribution in [2.45, 2.75) is 18.8 Å². The van der Waals surface area contributed by atoms with Gasteiger partial charge in [-0.2, -0.15) is 0 Å². The number of hydrogen-bond donors (Lipinski definition) is 1. The topological polar surface area (TPSA) is 29.1 Å². The van der Waals surface area contributed by atoms with Crippen molar-refractivity contribution in [2.75, 3.05) is 11.0 Å². The van der Waals surface area contributed by atoms with Crippen LogP contribution in [0.4, 0.5) is 0 Å². The standard InChI is InChI=1S/C18H20INO/c1-18(15-9-4-2-5-10-15,16-11-6-3-7-12-16)17(21)20-14-8-13-19/h2-7,9-12H,8,13-14H2,1H3,(H,20,21). The van der Waals surface area contributed by atoms with Crippen LogP contribution in [0.3, 0.4) is 0 Å². The second-order valence-corrected chi connectivity index (χ2v) is 6.23. The Kier molecular flexibility index (Phi) is 5.79. The largest absolute Gasteiger partial charge is 0.355 e. The average molecular weight is 393 g/mol. The van der Waals surface area contributed by atoms with Crippen LogP contribution in [0.5, 0.6) is 0 Å². The first-order chi connectivity index (χ1) is 10.2. The summed E-state index contributed by atoms with van der Waals surface area (Å²) in [5, 5.41) is 3.08. The van der Waals surface area contributed by atoms with Gasteiger partial charge in [-0.05, 0) is 24.5 Å². The molecule has 0 aliphatic carbocycles. The molecule has 0 fully saturated rings. The summed E-state index contributed by atoms with van der Waals surface area (Å²) in [6.45, 7) is 2.72. The van der Waals surface area contributed by atoms with E-state index in [4.69, 9.17) is 0 Å². The van der Waals surface area contributed by atoms with E-state index in [1.807, 2.05) is 67.6 Å². The van der Waals surface area contributed by atoms with E-state index in [0.717, 1.165) is 28.5 Å². The summed E-state index contributed by atoms with van der Waals surface area (Å²) in [6.07, 6.45) is 0.992. The Morgan fingerprint density at radius 3 is 1.90 bits per heavy atom. The van der Waals surface area contributed by atoms with Gasteiger partial charge in [-0.25, -0.2) is 0 Å². The van der Waals surface area contributed by atoms with Crippen molar-refractivity contribution in [2.24, 2.45) is 0 Å². The predicted molar refractivity (Wildman–Crippen MR) is 95.9 cm³/mol. The van der Waals surface area contributed by atoms with E-state index in [1.54, 1.807) is 0 Å². The van der Waals surface area contributed by atoms with Crippen molar-refractivity contribution < 1.29 is 4.79 Å². The zero-order valence-corrected chi connectivity index (χ0v) is 14.3. The Hall–Kier alpha value is -1.36. The van der Waals surface area contributed by atoms with E-state index in [-0.39, 0.29) is 5.91 Å². The minimum Gasteiger partial charge on any atom is -0.355 e.